The van der Waals surface area contributed by atoms with Gasteiger partial charge in [-0.15, -0.1) is 0 Å². The van der Waals surface area contributed by atoms with E-state index in [1.54, 1.807) is 24.3 Å². The molecule has 1 atom stereocenters. The molecule has 1 heterocycles. The van der Waals surface area contributed by atoms with E-state index in [4.69, 9.17) is 0 Å². The molecule has 5 nitrogen and oxygen atoms in total. The first-order valence-corrected chi connectivity index (χ1v) is 5.08. The molecule has 0 aliphatic carbocycles. The van der Waals surface area contributed by atoms with Crippen LogP contribution < -0.4 is 19.0 Å². The minimum atomic E-state index is -4.40. The van der Waals surface area contributed by atoms with Crippen LogP contribution in [0.3, 0.4) is 0 Å². The number of para-hydroxylation sites is 1. The summed E-state index contributed by atoms with van der Waals surface area (Å²) in [5.74, 6) is 0. The number of benzene rings is 1. The highest BCUT2D eigenvalue weighted by molar-refractivity contribution is 5.69. The third-order valence-corrected chi connectivity index (χ3v) is 2.27. The molecule has 1 aliphatic rings. The lowest BCUT2D eigenvalue weighted by atomic mass is 10.1. The van der Waals surface area contributed by atoms with Crippen LogP contribution in [0.5, 0.6) is 0 Å². The molecule has 1 aromatic carbocycles. The monoisotopic (exact) mass is 216 g/mol. The van der Waals surface area contributed by atoms with Gasteiger partial charge in [-0.2, -0.15) is 14.0 Å². The Morgan fingerprint density at radius 1 is 1.21 bits per heavy atom. The maximum atomic E-state index is 10.3. The predicted octanol–water partition coefficient (Wildman–Crippen LogP) is -3.56. The van der Waals surface area contributed by atoms with Gasteiger partial charge in [-0.3, -0.25) is 0 Å². The van der Waals surface area contributed by atoms with Crippen molar-refractivity contribution in [3.05, 3.63) is 29.8 Å². The normalized spacial score (nSPS) is 19.8. The molecule has 14 heavy (non-hydrogen) atoms. The Balaban J connectivity index is 2.23. The van der Waals surface area contributed by atoms with Crippen molar-refractivity contribution in [3.63, 3.8) is 0 Å². The van der Waals surface area contributed by atoms with Gasteiger partial charge in [-0.05, 0) is 6.07 Å². The standard InChI is InChI=1S/C8H6ClNO4/c11-9(12,13)14-8-5-10-7-4-2-1-3-6(7)8/h1-5,8H/p+1. The fraction of sp³-hybridized carbons (Fsp3) is 0.125. The van der Waals surface area contributed by atoms with Crippen LogP contribution in [0.4, 0.5) is 5.69 Å². The fourth-order valence-corrected chi connectivity index (χ4v) is 1.71. The molecular formula is C8H7ClNO4+. The van der Waals surface area contributed by atoms with Gasteiger partial charge < -0.3 is 0 Å². The van der Waals surface area contributed by atoms with Crippen LogP contribution in [0.2, 0.25) is 0 Å². The number of fused-ring (bicyclic) bond motifs is 1. The van der Waals surface area contributed by atoms with Crippen molar-refractivity contribution < 1.29 is 33.5 Å². The van der Waals surface area contributed by atoms with E-state index in [1.807, 2.05) is 0 Å². The molecule has 0 saturated heterocycles. The Kier molecular flexibility index (Phi) is 2.26. The van der Waals surface area contributed by atoms with E-state index in [0.29, 0.717) is 5.56 Å². The molecule has 1 N–H and O–H groups in total. The summed E-state index contributed by atoms with van der Waals surface area (Å²) in [6, 6.07) is 7.00. The molecule has 2 rings (SSSR count). The van der Waals surface area contributed by atoms with Crippen LogP contribution in [0.25, 0.3) is 0 Å². The highest BCUT2D eigenvalue weighted by Gasteiger charge is 2.37. The minimum absolute atomic E-state index is 0.638. The van der Waals surface area contributed by atoms with Gasteiger partial charge in [-0.1, -0.05) is 12.1 Å². The second kappa shape index (κ2) is 3.30. The van der Waals surface area contributed by atoms with Crippen LogP contribution in [0.15, 0.2) is 24.3 Å². The predicted molar refractivity (Wildman–Crippen MR) is 37.0 cm³/mol. The molecule has 1 unspecified atom stereocenters. The smallest absolute Gasteiger partial charge is 0.212 e. The van der Waals surface area contributed by atoms with E-state index >= 15 is 0 Å². The van der Waals surface area contributed by atoms with Gasteiger partial charge in [0, 0.05) is 6.07 Å². The van der Waals surface area contributed by atoms with Gasteiger partial charge in [0.2, 0.25) is 5.69 Å². The van der Waals surface area contributed by atoms with Crippen molar-refractivity contribution in [3.8, 4) is 0 Å². The molecular weight excluding hydrogens is 210 g/mol. The highest BCUT2D eigenvalue weighted by Crippen LogP contribution is 2.24. The molecule has 1 aliphatic heterocycles. The van der Waals surface area contributed by atoms with E-state index in [9.17, 15) is 14.0 Å². The maximum Gasteiger partial charge on any atom is 0.320 e. The van der Waals surface area contributed by atoms with Gasteiger partial charge in [0.15, 0.2) is 6.21 Å². The Morgan fingerprint density at radius 2 is 1.93 bits per heavy atom. The molecule has 74 valence electrons. The second-order valence-corrected chi connectivity index (χ2v) is 3.72. The Morgan fingerprint density at radius 3 is 2.64 bits per heavy atom. The van der Waals surface area contributed by atoms with Gasteiger partial charge in [-0.25, -0.2) is 4.99 Å². The summed E-state index contributed by atoms with van der Waals surface area (Å²) >= 11 is 0. The number of hydrogen-bond donors (Lipinski definition) is 1. The summed E-state index contributed by atoms with van der Waals surface area (Å²) in [7, 11) is -4.40. The zero-order valence-electron chi connectivity index (χ0n) is 6.98. The quantitative estimate of drug-likeness (QED) is 0.554. The Bertz CT molecular complexity index is 374. The SMILES string of the molecule is [O-][Cl+3]([O-])([O-])OC1C=[NH+]c2ccccc21. The van der Waals surface area contributed by atoms with Crippen molar-refractivity contribution in [1.29, 1.82) is 0 Å². The summed E-state index contributed by atoms with van der Waals surface area (Å²) in [5.41, 5.74) is 1.38. The summed E-state index contributed by atoms with van der Waals surface area (Å²) < 4.78 is 35.3. The molecule has 0 bridgehead atoms. The third kappa shape index (κ3) is 1.92. The van der Waals surface area contributed by atoms with Crippen molar-refractivity contribution in [2.45, 2.75) is 6.10 Å². The summed E-state index contributed by atoms with van der Waals surface area (Å²) in [6.45, 7) is 0. The van der Waals surface area contributed by atoms with Crippen molar-refractivity contribution in [2.75, 3.05) is 0 Å². The zero-order valence-corrected chi connectivity index (χ0v) is 7.73. The average Bonchev–Trinajstić information content (AvgIpc) is 2.47. The number of halogens is 1. The van der Waals surface area contributed by atoms with Crippen LogP contribution in [0, 0.1) is 10.2 Å². The van der Waals surface area contributed by atoms with Crippen LogP contribution in [-0.4, -0.2) is 6.21 Å². The first-order valence-electron chi connectivity index (χ1n) is 3.84. The van der Waals surface area contributed by atoms with Crippen molar-refractivity contribution in [2.24, 2.45) is 0 Å². The lowest BCUT2D eigenvalue weighted by molar-refractivity contribution is -1.92. The molecule has 0 fully saturated rings. The van der Waals surface area contributed by atoms with Crippen molar-refractivity contribution in [1.82, 2.24) is 0 Å². The van der Waals surface area contributed by atoms with E-state index < -0.39 is 16.3 Å². The Labute approximate surface area is 82.0 Å². The first kappa shape index (κ1) is 9.57. The van der Waals surface area contributed by atoms with Crippen LogP contribution in [-0.2, 0) is 4.29 Å². The zero-order chi connectivity index (χ0) is 10.2. The van der Waals surface area contributed by atoms with Gasteiger partial charge >= 0.3 is 6.10 Å². The molecule has 0 amide bonds. The number of rotatable bonds is 2. The molecule has 0 saturated carbocycles. The topological polar surface area (TPSA) is 92.4 Å². The summed E-state index contributed by atoms with van der Waals surface area (Å²) in [4.78, 5) is 2.82. The molecule has 0 spiro atoms. The van der Waals surface area contributed by atoms with Crippen LogP contribution >= 0.6 is 0 Å². The molecule has 6 heteroatoms. The minimum Gasteiger partial charge on any atom is -0.212 e. The van der Waals surface area contributed by atoms with Gasteiger partial charge in [0.25, 0.3) is 0 Å². The number of hydrogen-bond acceptors (Lipinski definition) is 4. The van der Waals surface area contributed by atoms with Gasteiger partial charge in [0.1, 0.15) is 0 Å². The molecule has 0 radical (unpaired) electrons. The third-order valence-electron chi connectivity index (χ3n) is 1.86. The number of nitrogens with one attached hydrogen (secondary N) is 1. The molecule has 1 aromatic rings. The average molecular weight is 217 g/mol. The first-order chi connectivity index (χ1) is 6.56. The lowest BCUT2D eigenvalue weighted by Gasteiger charge is -2.13. The van der Waals surface area contributed by atoms with E-state index in [-0.39, 0.29) is 0 Å². The summed E-state index contributed by atoms with van der Waals surface area (Å²) in [6.07, 6.45) is 0.572. The van der Waals surface area contributed by atoms with E-state index in [1.165, 1.54) is 6.21 Å². The molecule has 0 aromatic heterocycles. The van der Waals surface area contributed by atoms with E-state index in [0.717, 1.165) is 5.69 Å². The Hall–Kier alpha value is -0.980. The second-order valence-electron chi connectivity index (χ2n) is 2.79. The lowest BCUT2D eigenvalue weighted by Crippen LogP contribution is -2.62. The van der Waals surface area contributed by atoms with Crippen LogP contribution in [0.1, 0.15) is 11.7 Å². The largest absolute Gasteiger partial charge is 0.320 e. The summed E-state index contributed by atoms with van der Waals surface area (Å²) in [5, 5.41) is 0. The highest BCUT2D eigenvalue weighted by atomic mass is 35.7. The fourth-order valence-electron chi connectivity index (χ4n) is 1.32. The van der Waals surface area contributed by atoms with E-state index in [2.05, 4.69) is 9.28 Å². The van der Waals surface area contributed by atoms with Crippen molar-refractivity contribution >= 4 is 11.9 Å². The maximum absolute atomic E-state index is 10.3. The van der Waals surface area contributed by atoms with Gasteiger partial charge in [0.05, 0.1) is 20.1 Å².